The lowest BCUT2D eigenvalue weighted by Gasteiger charge is -2.30. The number of fused-ring (bicyclic) bond motifs is 3. The topological polar surface area (TPSA) is 64.8 Å². The Kier molecular flexibility index (Phi) is 10.3. The lowest BCUT2D eigenvalue weighted by Crippen LogP contribution is -2.34. The first-order chi connectivity index (χ1) is 22.4. The number of nitrogens with zero attached hydrogens (tertiary/aromatic N) is 5. The highest BCUT2D eigenvalue weighted by molar-refractivity contribution is 6.76. The molecule has 0 radical (unpaired) electrons. The quantitative estimate of drug-likeness (QED) is 0.0755. The van der Waals surface area contributed by atoms with E-state index in [0.29, 0.717) is 42.2 Å². The molecule has 4 aromatic rings. The number of rotatable bonds is 14. The van der Waals surface area contributed by atoms with Gasteiger partial charge in [0, 0.05) is 58.2 Å². The van der Waals surface area contributed by atoms with E-state index in [1.807, 2.05) is 35.4 Å². The fraction of sp³-hybridized carbons (Fsp3) is 0.541. The van der Waals surface area contributed by atoms with Gasteiger partial charge in [0.15, 0.2) is 17.3 Å². The second-order valence-electron chi connectivity index (χ2n) is 16.2. The Hall–Kier alpha value is -2.93. The summed E-state index contributed by atoms with van der Waals surface area (Å²) in [6.07, 6.45) is 9.43. The Bertz CT molecular complexity index is 1600. The molecule has 0 unspecified atom stereocenters. The molecule has 2 aliphatic carbocycles. The standard InChI is InChI=1S/C37H52FN5O2Si2/c1-46(2,3)18-16-44-25-42(26-45-17-19-47(4,5)6)37-34(38)35(31-21-27-12-13-28(20-27)22-31)41-36-32(24-40-43(36)37)30-14-15-33(39-23-30)29-10-8-7-9-11-29/h7-11,14-15,23-24,27-28,31H,12-13,16-22,25-26H2,1-6H3/t27-,28+,31+. The smallest absolute Gasteiger partial charge is 0.187 e. The first kappa shape index (κ1) is 34.0. The van der Waals surface area contributed by atoms with Crippen molar-refractivity contribution in [2.24, 2.45) is 11.8 Å². The molecular weight excluding hydrogens is 622 g/mol. The van der Waals surface area contributed by atoms with Crippen molar-refractivity contribution >= 4 is 27.6 Å². The molecule has 2 saturated carbocycles. The van der Waals surface area contributed by atoms with Crippen LogP contribution in [0.25, 0.3) is 28.0 Å². The van der Waals surface area contributed by atoms with Gasteiger partial charge in [0.25, 0.3) is 0 Å². The summed E-state index contributed by atoms with van der Waals surface area (Å²) in [5, 5.41) is 4.77. The van der Waals surface area contributed by atoms with Gasteiger partial charge in [-0.15, -0.1) is 0 Å². The van der Waals surface area contributed by atoms with Crippen LogP contribution in [0.15, 0.2) is 54.9 Å². The maximum atomic E-state index is 17.1. The third kappa shape index (κ3) is 8.39. The monoisotopic (exact) mass is 673 g/mol. The van der Waals surface area contributed by atoms with Crippen LogP contribution in [0.4, 0.5) is 10.2 Å². The molecule has 2 fully saturated rings. The lowest BCUT2D eigenvalue weighted by molar-refractivity contribution is 0.0934. The molecule has 0 saturated heterocycles. The number of hydrogen-bond acceptors (Lipinski definition) is 6. The van der Waals surface area contributed by atoms with E-state index in [2.05, 4.69) is 57.5 Å². The van der Waals surface area contributed by atoms with Crippen LogP contribution in [0, 0.1) is 17.7 Å². The number of benzene rings is 1. The van der Waals surface area contributed by atoms with Gasteiger partial charge in [0.1, 0.15) is 13.5 Å². The Morgan fingerprint density at radius 2 is 1.45 bits per heavy atom. The highest BCUT2D eigenvalue weighted by Gasteiger charge is 2.38. The van der Waals surface area contributed by atoms with Crippen molar-refractivity contribution in [1.82, 2.24) is 19.6 Å². The molecule has 7 nitrogen and oxygen atoms in total. The minimum atomic E-state index is -1.29. The van der Waals surface area contributed by atoms with Gasteiger partial charge in [0.2, 0.25) is 0 Å². The van der Waals surface area contributed by atoms with E-state index in [1.165, 1.54) is 19.3 Å². The highest BCUT2D eigenvalue weighted by atomic mass is 28.3. The highest BCUT2D eigenvalue weighted by Crippen LogP contribution is 2.49. The summed E-state index contributed by atoms with van der Waals surface area (Å²) >= 11 is 0. The number of pyridine rings is 1. The fourth-order valence-corrected chi connectivity index (χ4v) is 8.57. The summed E-state index contributed by atoms with van der Waals surface area (Å²) in [4.78, 5) is 11.8. The first-order valence-corrected chi connectivity index (χ1v) is 24.9. The Morgan fingerprint density at radius 3 is 2.02 bits per heavy atom. The zero-order chi connectivity index (χ0) is 33.2. The van der Waals surface area contributed by atoms with Crippen LogP contribution in [-0.4, -0.2) is 62.4 Å². The van der Waals surface area contributed by atoms with Gasteiger partial charge in [-0.1, -0.05) is 88.5 Å². The van der Waals surface area contributed by atoms with Gasteiger partial charge in [0.05, 0.1) is 17.6 Å². The molecule has 2 bridgehead atoms. The van der Waals surface area contributed by atoms with Gasteiger partial charge in [-0.3, -0.25) is 4.98 Å². The van der Waals surface area contributed by atoms with Crippen molar-refractivity contribution in [3.05, 3.63) is 66.4 Å². The van der Waals surface area contributed by atoms with Gasteiger partial charge >= 0.3 is 0 Å². The van der Waals surface area contributed by atoms with Crippen LogP contribution in [0.1, 0.15) is 43.7 Å². The molecule has 0 spiro atoms. The van der Waals surface area contributed by atoms with Gasteiger partial charge in [-0.2, -0.15) is 9.61 Å². The second-order valence-corrected chi connectivity index (χ2v) is 27.4. The van der Waals surface area contributed by atoms with E-state index >= 15 is 4.39 Å². The number of aromatic nitrogens is 4. The molecule has 2 aliphatic rings. The average Bonchev–Trinajstić information content (AvgIpc) is 3.61. The molecule has 1 aromatic carbocycles. The van der Waals surface area contributed by atoms with Crippen molar-refractivity contribution in [2.45, 2.75) is 89.4 Å². The van der Waals surface area contributed by atoms with Crippen molar-refractivity contribution < 1.29 is 13.9 Å². The zero-order valence-corrected chi connectivity index (χ0v) is 31.1. The van der Waals surface area contributed by atoms with Crippen LogP contribution >= 0.6 is 0 Å². The van der Waals surface area contributed by atoms with Crippen molar-refractivity contribution in [3.63, 3.8) is 0 Å². The van der Waals surface area contributed by atoms with Crippen LogP contribution in [0.5, 0.6) is 0 Å². The number of ether oxygens (including phenoxy) is 2. The first-order valence-electron chi connectivity index (χ1n) is 17.4. The van der Waals surface area contributed by atoms with E-state index in [1.54, 1.807) is 10.7 Å². The summed E-state index contributed by atoms with van der Waals surface area (Å²) in [7, 11) is -2.58. The molecule has 6 rings (SSSR count). The minimum Gasteiger partial charge on any atom is -0.361 e. The molecule has 3 aromatic heterocycles. The van der Waals surface area contributed by atoms with Gasteiger partial charge in [-0.05, 0) is 49.3 Å². The van der Waals surface area contributed by atoms with E-state index in [9.17, 15) is 0 Å². The maximum absolute atomic E-state index is 17.1. The normalized spacial score (nSPS) is 19.9. The molecule has 10 heteroatoms. The number of anilines is 1. The molecule has 252 valence electrons. The molecule has 3 atom stereocenters. The van der Waals surface area contributed by atoms with Crippen LogP contribution in [0.3, 0.4) is 0 Å². The zero-order valence-electron chi connectivity index (χ0n) is 29.1. The molecule has 3 heterocycles. The van der Waals surface area contributed by atoms with Gasteiger partial charge < -0.3 is 14.4 Å². The minimum absolute atomic E-state index is 0.0915. The van der Waals surface area contributed by atoms with E-state index in [-0.39, 0.29) is 25.2 Å². The third-order valence-electron chi connectivity index (χ3n) is 9.79. The van der Waals surface area contributed by atoms with Crippen LogP contribution in [-0.2, 0) is 9.47 Å². The average molecular weight is 674 g/mol. The summed E-state index contributed by atoms with van der Waals surface area (Å²) in [6.45, 7) is 15.8. The van der Waals surface area contributed by atoms with Crippen LogP contribution < -0.4 is 4.90 Å². The summed E-state index contributed by atoms with van der Waals surface area (Å²) < 4.78 is 31.3. The van der Waals surface area contributed by atoms with E-state index < -0.39 is 16.1 Å². The lowest BCUT2D eigenvalue weighted by atomic mass is 9.79. The van der Waals surface area contributed by atoms with Crippen LogP contribution in [0.2, 0.25) is 51.4 Å². The molecule has 0 amide bonds. The van der Waals surface area contributed by atoms with Gasteiger partial charge in [-0.25, -0.2) is 9.37 Å². The van der Waals surface area contributed by atoms with Crippen molar-refractivity contribution in [1.29, 1.82) is 0 Å². The Morgan fingerprint density at radius 1 is 0.809 bits per heavy atom. The van der Waals surface area contributed by atoms with Crippen molar-refractivity contribution in [3.8, 4) is 22.4 Å². The third-order valence-corrected chi connectivity index (χ3v) is 13.2. The predicted molar refractivity (Wildman–Crippen MR) is 195 cm³/mol. The molecular formula is C37H52FN5O2Si2. The molecule has 0 aliphatic heterocycles. The summed E-state index contributed by atoms with van der Waals surface area (Å²) in [6, 6.07) is 16.3. The second kappa shape index (κ2) is 14.3. The number of hydrogen-bond donors (Lipinski definition) is 0. The predicted octanol–water partition coefficient (Wildman–Crippen LogP) is 9.32. The Balaban J connectivity index is 1.39. The van der Waals surface area contributed by atoms with E-state index in [0.717, 1.165) is 47.3 Å². The SMILES string of the molecule is C[Si](C)(C)CCOCN(COCC[Si](C)(C)C)c1c(F)c([C@H]2C[C@@H]3CC[C@@H](C3)C2)nc2c(-c3ccc(-c4ccccc4)nc3)cnn12. The summed E-state index contributed by atoms with van der Waals surface area (Å²) in [5.41, 5.74) is 4.93. The summed E-state index contributed by atoms with van der Waals surface area (Å²) in [5.74, 6) is 1.49. The largest absolute Gasteiger partial charge is 0.361 e. The Labute approximate surface area is 281 Å². The van der Waals surface area contributed by atoms with E-state index in [4.69, 9.17) is 24.5 Å². The molecule has 0 N–H and O–H groups in total. The maximum Gasteiger partial charge on any atom is 0.187 e. The fourth-order valence-electron chi connectivity index (χ4n) is 7.05. The number of halogens is 1. The molecule has 47 heavy (non-hydrogen) atoms. The van der Waals surface area contributed by atoms with Crippen molar-refractivity contribution in [2.75, 3.05) is 31.6 Å².